The normalized spacial score (nSPS) is 11.3. The predicted octanol–water partition coefficient (Wildman–Crippen LogP) is 5.58. The molecule has 0 amide bonds. The van der Waals surface area contributed by atoms with Crippen molar-refractivity contribution in [1.29, 1.82) is 0 Å². The zero-order valence-corrected chi connectivity index (χ0v) is 15.6. The van der Waals surface area contributed by atoms with Gasteiger partial charge in [0.2, 0.25) is 0 Å². The summed E-state index contributed by atoms with van der Waals surface area (Å²) in [7, 11) is 2.16. The minimum atomic E-state index is 1.18. The van der Waals surface area contributed by atoms with Crippen molar-refractivity contribution in [3.63, 3.8) is 0 Å². The number of fused-ring (bicyclic) bond motifs is 2. The number of hydrogen-bond acceptors (Lipinski definition) is 0. The molecule has 0 spiro atoms. The molecule has 2 heteroatoms. The van der Waals surface area contributed by atoms with Crippen LogP contribution in [0.4, 0.5) is 0 Å². The van der Waals surface area contributed by atoms with Gasteiger partial charge in [-0.05, 0) is 47.5 Å². The summed E-state index contributed by atoms with van der Waals surface area (Å²) in [4.78, 5) is 0. The van der Waals surface area contributed by atoms with Gasteiger partial charge in [-0.3, -0.25) is 0 Å². The lowest BCUT2D eigenvalue weighted by Crippen LogP contribution is -2.30. The van der Waals surface area contributed by atoms with Crippen molar-refractivity contribution >= 4 is 21.8 Å². The third kappa shape index (κ3) is 2.37. The summed E-state index contributed by atoms with van der Waals surface area (Å²) >= 11 is 0. The number of benzene rings is 4. The first kappa shape index (κ1) is 15.8. The lowest BCUT2D eigenvalue weighted by molar-refractivity contribution is -0.633. The van der Waals surface area contributed by atoms with E-state index >= 15 is 0 Å². The van der Waals surface area contributed by atoms with E-state index in [0.29, 0.717) is 0 Å². The molecule has 0 fully saturated rings. The molecule has 0 atom stereocenters. The Labute approximate surface area is 158 Å². The molecule has 1 aromatic heterocycles. The highest BCUT2D eigenvalue weighted by Crippen LogP contribution is 2.34. The molecule has 4 aromatic carbocycles. The van der Waals surface area contributed by atoms with Gasteiger partial charge in [0.1, 0.15) is 5.69 Å². The van der Waals surface area contributed by atoms with Crippen molar-refractivity contribution in [3.05, 3.63) is 96.6 Å². The maximum Gasteiger partial charge on any atom is 0.295 e. The maximum atomic E-state index is 2.38. The summed E-state index contributed by atoms with van der Waals surface area (Å²) in [6.07, 6.45) is 0. The lowest BCUT2D eigenvalue weighted by Gasteiger charge is -2.10. The summed E-state index contributed by atoms with van der Waals surface area (Å²) in [5.74, 6) is 1.21. The molecule has 0 bridgehead atoms. The third-order valence-electron chi connectivity index (χ3n) is 5.39. The van der Waals surface area contributed by atoms with Gasteiger partial charge in [-0.15, -0.1) is 0 Å². The van der Waals surface area contributed by atoms with Crippen LogP contribution in [-0.4, -0.2) is 4.57 Å². The number of aryl methyl sites for hydroxylation is 2. The zero-order chi connectivity index (χ0) is 18.4. The van der Waals surface area contributed by atoms with E-state index in [-0.39, 0.29) is 0 Å². The SMILES string of the molecule is Cc1ccc2ccccc2c1-c1n(-c2ccccc2)c2ccccc2[n+]1C. The molecular weight excluding hydrogens is 328 g/mol. The molecule has 2 nitrogen and oxygen atoms in total. The van der Waals surface area contributed by atoms with Gasteiger partial charge in [0.05, 0.1) is 12.6 Å². The average Bonchev–Trinajstić information content (AvgIpc) is 3.01. The van der Waals surface area contributed by atoms with E-state index in [1.54, 1.807) is 0 Å². The number of para-hydroxylation sites is 3. The van der Waals surface area contributed by atoms with Crippen molar-refractivity contribution in [3.8, 4) is 17.1 Å². The second kappa shape index (κ2) is 6.10. The van der Waals surface area contributed by atoms with E-state index in [0.717, 1.165) is 0 Å². The molecule has 0 aliphatic rings. The van der Waals surface area contributed by atoms with Gasteiger partial charge in [-0.1, -0.05) is 66.7 Å². The number of aromatic nitrogens is 2. The Bertz CT molecular complexity index is 1280. The molecule has 5 aromatic rings. The second-order valence-electron chi connectivity index (χ2n) is 7.02. The zero-order valence-electron chi connectivity index (χ0n) is 15.6. The number of imidazole rings is 1. The van der Waals surface area contributed by atoms with Crippen molar-refractivity contribution in [2.75, 3.05) is 0 Å². The quantitative estimate of drug-likeness (QED) is 0.368. The Morgan fingerprint density at radius 2 is 1.41 bits per heavy atom. The Morgan fingerprint density at radius 3 is 2.26 bits per heavy atom. The van der Waals surface area contributed by atoms with E-state index in [1.165, 1.54) is 44.4 Å². The van der Waals surface area contributed by atoms with Gasteiger partial charge >= 0.3 is 0 Å². The van der Waals surface area contributed by atoms with E-state index < -0.39 is 0 Å². The molecule has 0 aliphatic heterocycles. The van der Waals surface area contributed by atoms with Gasteiger partial charge in [0.25, 0.3) is 5.82 Å². The first-order valence-electron chi connectivity index (χ1n) is 9.29. The van der Waals surface area contributed by atoms with E-state index in [2.05, 4.69) is 114 Å². The molecule has 27 heavy (non-hydrogen) atoms. The van der Waals surface area contributed by atoms with Gasteiger partial charge < -0.3 is 0 Å². The number of nitrogens with zero attached hydrogens (tertiary/aromatic N) is 2. The minimum Gasteiger partial charge on any atom is -0.225 e. The molecular formula is C25H21N2+. The van der Waals surface area contributed by atoms with Crippen LogP contribution in [0, 0.1) is 6.92 Å². The molecule has 0 N–H and O–H groups in total. The van der Waals surface area contributed by atoms with Crippen LogP contribution >= 0.6 is 0 Å². The van der Waals surface area contributed by atoms with Crippen LogP contribution in [0.15, 0.2) is 91.0 Å². The third-order valence-corrected chi connectivity index (χ3v) is 5.39. The summed E-state index contributed by atoms with van der Waals surface area (Å²) in [6.45, 7) is 2.20. The molecule has 0 unspecified atom stereocenters. The fourth-order valence-electron chi connectivity index (χ4n) is 4.11. The van der Waals surface area contributed by atoms with Crippen LogP contribution in [0.25, 0.3) is 38.9 Å². The largest absolute Gasteiger partial charge is 0.295 e. The Kier molecular flexibility index (Phi) is 3.58. The van der Waals surface area contributed by atoms with E-state index in [9.17, 15) is 0 Å². The Hall–Kier alpha value is -3.39. The topological polar surface area (TPSA) is 8.81 Å². The number of rotatable bonds is 2. The van der Waals surface area contributed by atoms with Crippen molar-refractivity contribution in [2.45, 2.75) is 6.92 Å². The second-order valence-corrected chi connectivity index (χ2v) is 7.02. The maximum absolute atomic E-state index is 2.38. The van der Waals surface area contributed by atoms with Crippen LogP contribution in [0.1, 0.15) is 5.56 Å². The fourth-order valence-corrected chi connectivity index (χ4v) is 4.11. The lowest BCUT2D eigenvalue weighted by atomic mass is 9.99. The first-order chi connectivity index (χ1) is 13.3. The van der Waals surface area contributed by atoms with Gasteiger partial charge in [-0.25, -0.2) is 4.57 Å². The molecule has 0 aliphatic carbocycles. The average molecular weight is 349 g/mol. The summed E-state index contributed by atoms with van der Waals surface area (Å²) in [6, 6.07) is 32.3. The predicted molar refractivity (Wildman–Crippen MR) is 112 cm³/mol. The van der Waals surface area contributed by atoms with Gasteiger partial charge in [-0.2, -0.15) is 4.57 Å². The van der Waals surface area contributed by atoms with Gasteiger partial charge in [0.15, 0.2) is 11.0 Å². The van der Waals surface area contributed by atoms with Crippen molar-refractivity contribution < 1.29 is 4.57 Å². The highest BCUT2D eigenvalue weighted by molar-refractivity contribution is 5.97. The molecule has 0 saturated heterocycles. The summed E-state index contributed by atoms with van der Waals surface area (Å²) in [5, 5.41) is 2.55. The van der Waals surface area contributed by atoms with Crippen LogP contribution in [-0.2, 0) is 7.05 Å². The highest BCUT2D eigenvalue weighted by Gasteiger charge is 2.27. The number of hydrogen-bond donors (Lipinski definition) is 0. The molecule has 130 valence electrons. The fraction of sp³-hybridized carbons (Fsp3) is 0.0800. The Balaban J connectivity index is 1.99. The highest BCUT2D eigenvalue weighted by atomic mass is 15.2. The first-order valence-corrected chi connectivity index (χ1v) is 9.29. The van der Waals surface area contributed by atoms with Crippen LogP contribution in [0.3, 0.4) is 0 Å². The van der Waals surface area contributed by atoms with E-state index in [1.807, 2.05) is 0 Å². The smallest absolute Gasteiger partial charge is 0.225 e. The minimum absolute atomic E-state index is 1.18. The monoisotopic (exact) mass is 349 g/mol. The van der Waals surface area contributed by atoms with Crippen LogP contribution in [0.5, 0.6) is 0 Å². The molecule has 5 rings (SSSR count). The van der Waals surface area contributed by atoms with Gasteiger partial charge in [0, 0.05) is 0 Å². The van der Waals surface area contributed by atoms with Crippen LogP contribution < -0.4 is 4.57 Å². The summed E-state index contributed by atoms with van der Waals surface area (Å²) < 4.78 is 4.70. The molecule has 0 saturated carbocycles. The summed E-state index contributed by atoms with van der Waals surface area (Å²) in [5.41, 5.74) is 6.19. The Morgan fingerprint density at radius 1 is 0.704 bits per heavy atom. The van der Waals surface area contributed by atoms with Crippen LogP contribution in [0.2, 0.25) is 0 Å². The molecule has 1 heterocycles. The van der Waals surface area contributed by atoms with E-state index in [4.69, 9.17) is 0 Å². The van der Waals surface area contributed by atoms with Crippen molar-refractivity contribution in [1.82, 2.24) is 4.57 Å². The standard InChI is InChI=1S/C25H21N2/c1-18-16-17-19-10-6-7-13-21(19)24(18)25-26(2)22-14-8-9-15-23(22)27(25)20-11-4-3-5-12-20/h3-17H,1-2H3/q+1. The van der Waals surface area contributed by atoms with Crippen molar-refractivity contribution in [2.24, 2.45) is 7.05 Å². The molecule has 0 radical (unpaired) electrons.